The maximum absolute atomic E-state index is 9.12. The molecule has 2 heterocycles. The van der Waals surface area contributed by atoms with E-state index in [4.69, 9.17) is 17.4 Å². The van der Waals surface area contributed by atoms with Crippen molar-refractivity contribution in [3.63, 3.8) is 0 Å². The molecule has 0 aliphatic heterocycles. The standard InChI is InChI=1S/C7H6N2OS2/c10-9-4-5(8-7(9)11)6-2-1-3-12-6/h1-4,10H,(H,8,11). The molecule has 0 radical (unpaired) electrons. The summed E-state index contributed by atoms with van der Waals surface area (Å²) in [5.41, 5.74) is 0.845. The van der Waals surface area contributed by atoms with Gasteiger partial charge in [-0.15, -0.1) is 11.3 Å². The third-order valence-corrected chi connectivity index (χ3v) is 2.68. The average Bonchev–Trinajstić information content (AvgIpc) is 2.61. The highest BCUT2D eigenvalue weighted by molar-refractivity contribution is 7.71. The van der Waals surface area contributed by atoms with Gasteiger partial charge < -0.3 is 10.2 Å². The lowest BCUT2D eigenvalue weighted by Crippen LogP contribution is -1.83. The van der Waals surface area contributed by atoms with E-state index in [2.05, 4.69) is 4.98 Å². The Labute approximate surface area is 77.9 Å². The van der Waals surface area contributed by atoms with Crippen molar-refractivity contribution in [1.29, 1.82) is 0 Å². The Kier molecular flexibility index (Phi) is 1.74. The molecule has 0 amide bonds. The van der Waals surface area contributed by atoms with Crippen LogP contribution in [0.5, 0.6) is 0 Å². The third kappa shape index (κ3) is 1.17. The van der Waals surface area contributed by atoms with Crippen LogP contribution in [0.2, 0.25) is 0 Å². The van der Waals surface area contributed by atoms with Gasteiger partial charge in [0.1, 0.15) is 0 Å². The Bertz CT molecular complexity index is 426. The Morgan fingerprint density at radius 3 is 2.92 bits per heavy atom. The molecule has 2 aromatic rings. The number of H-pyrrole nitrogens is 1. The normalized spacial score (nSPS) is 10.3. The van der Waals surface area contributed by atoms with Gasteiger partial charge in [0, 0.05) is 0 Å². The molecular weight excluding hydrogens is 192 g/mol. The number of rotatable bonds is 1. The van der Waals surface area contributed by atoms with Gasteiger partial charge in [-0.1, -0.05) is 6.07 Å². The molecular formula is C7H6N2OS2. The first-order valence-corrected chi connectivity index (χ1v) is 4.61. The summed E-state index contributed by atoms with van der Waals surface area (Å²) in [4.78, 5) is 3.95. The van der Waals surface area contributed by atoms with Crippen LogP contribution in [0.1, 0.15) is 0 Å². The first-order valence-electron chi connectivity index (χ1n) is 3.32. The highest BCUT2D eigenvalue weighted by Gasteiger charge is 2.01. The van der Waals surface area contributed by atoms with E-state index in [1.54, 1.807) is 17.5 Å². The van der Waals surface area contributed by atoms with Gasteiger partial charge in [-0.2, -0.15) is 4.73 Å². The summed E-state index contributed by atoms with van der Waals surface area (Å²) < 4.78 is 1.23. The zero-order valence-electron chi connectivity index (χ0n) is 6.02. The van der Waals surface area contributed by atoms with Gasteiger partial charge in [-0.25, -0.2) is 0 Å². The molecule has 2 rings (SSSR count). The summed E-state index contributed by atoms with van der Waals surface area (Å²) >= 11 is 6.41. The molecule has 0 aliphatic rings. The summed E-state index contributed by atoms with van der Waals surface area (Å²) in [6, 6.07) is 3.91. The van der Waals surface area contributed by atoms with E-state index in [9.17, 15) is 0 Å². The molecule has 0 aromatic carbocycles. The third-order valence-electron chi connectivity index (χ3n) is 1.49. The zero-order chi connectivity index (χ0) is 8.55. The second-order valence-corrected chi connectivity index (χ2v) is 3.63. The summed E-state index contributed by atoms with van der Waals surface area (Å²) in [5.74, 6) is 0. The Hall–Kier alpha value is -1.07. The van der Waals surface area contributed by atoms with Crippen molar-refractivity contribution in [3.8, 4) is 10.6 Å². The molecule has 3 nitrogen and oxygen atoms in total. The minimum absolute atomic E-state index is 0.318. The van der Waals surface area contributed by atoms with Gasteiger partial charge in [0.15, 0.2) is 0 Å². The average molecular weight is 198 g/mol. The first kappa shape index (κ1) is 7.57. The summed E-state index contributed by atoms with van der Waals surface area (Å²) in [5, 5.41) is 11.1. The second-order valence-electron chi connectivity index (χ2n) is 2.29. The highest BCUT2D eigenvalue weighted by Crippen LogP contribution is 2.22. The molecule has 0 aliphatic carbocycles. The van der Waals surface area contributed by atoms with Crippen LogP contribution in [0.4, 0.5) is 0 Å². The van der Waals surface area contributed by atoms with E-state index in [1.165, 1.54) is 0 Å². The molecule has 0 saturated carbocycles. The summed E-state index contributed by atoms with van der Waals surface area (Å²) in [7, 11) is 0. The monoisotopic (exact) mass is 198 g/mol. The minimum atomic E-state index is 0.318. The minimum Gasteiger partial charge on any atom is -0.426 e. The van der Waals surface area contributed by atoms with Crippen molar-refractivity contribution in [1.82, 2.24) is 9.71 Å². The van der Waals surface area contributed by atoms with Crippen LogP contribution in [-0.2, 0) is 0 Å². The topological polar surface area (TPSA) is 41.0 Å². The Morgan fingerprint density at radius 1 is 1.58 bits per heavy atom. The van der Waals surface area contributed by atoms with Gasteiger partial charge in [0.2, 0.25) is 4.77 Å². The largest absolute Gasteiger partial charge is 0.426 e. The number of aromatic amines is 1. The predicted octanol–water partition coefficient (Wildman–Crippen LogP) is 2.51. The van der Waals surface area contributed by atoms with E-state index in [0.29, 0.717) is 4.77 Å². The summed E-state index contributed by atoms with van der Waals surface area (Å²) in [6.45, 7) is 0. The van der Waals surface area contributed by atoms with Crippen LogP contribution in [0.3, 0.4) is 0 Å². The van der Waals surface area contributed by atoms with Crippen molar-refractivity contribution in [2.24, 2.45) is 0 Å². The molecule has 62 valence electrons. The van der Waals surface area contributed by atoms with Crippen LogP contribution in [-0.4, -0.2) is 14.9 Å². The van der Waals surface area contributed by atoms with Gasteiger partial charge in [-0.3, -0.25) is 0 Å². The van der Waals surface area contributed by atoms with E-state index in [-0.39, 0.29) is 0 Å². The van der Waals surface area contributed by atoms with Crippen LogP contribution < -0.4 is 0 Å². The molecule has 0 fully saturated rings. The van der Waals surface area contributed by atoms with Gasteiger partial charge in [0.05, 0.1) is 16.8 Å². The molecule has 12 heavy (non-hydrogen) atoms. The second kappa shape index (κ2) is 2.76. The van der Waals surface area contributed by atoms with Crippen LogP contribution in [0.25, 0.3) is 10.6 Å². The Morgan fingerprint density at radius 2 is 2.42 bits per heavy atom. The van der Waals surface area contributed by atoms with Crippen molar-refractivity contribution in [3.05, 3.63) is 28.5 Å². The van der Waals surface area contributed by atoms with Crippen molar-refractivity contribution in [2.75, 3.05) is 0 Å². The molecule has 0 unspecified atom stereocenters. The fraction of sp³-hybridized carbons (Fsp3) is 0. The zero-order valence-corrected chi connectivity index (χ0v) is 7.65. The smallest absolute Gasteiger partial charge is 0.211 e. The van der Waals surface area contributed by atoms with E-state index < -0.39 is 0 Å². The van der Waals surface area contributed by atoms with Gasteiger partial charge >= 0.3 is 0 Å². The fourth-order valence-electron chi connectivity index (χ4n) is 0.943. The van der Waals surface area contributed by atoms with Crippen molar-refractivity contribution >= 4 is 23.6 Å². The SMILES string of the molecule is On1cc(-c2cccs2)[nH]c1=S. The highest BCUT2D eigenvalue weighted by atomic mass is 32.1. The predicted molar refractivity (Wildman–Crippen MR) is 50.1 cm³/mol. The molecule has 0 atom stereocenters. The molecule has 0 saturated heterocycles. The van der Waals surface area contributed by atoms with Crippen molar-refractivity contribution in [2.45, 2.75) is 0 Å². The van der Waals surface area contributed by atoms with E-state index in [0.717, 1.165) is 15.3 Å². The number of thiophene rings is 1. The van der Waals surface area contributed by atoms with Crippen LogP contribution in [0.15, 0.2) is 23.7 Å². The van der Waals surface area contributed by atoms with E-state index >= 15 is 0 Å². The van der Waals surface area contributed by atoms with Crippen LogP contribution >= 0.6 is 23.6 Å². The number of nitrogens with zero attached hydrogens (tertiary/aromatic N) is 1. The quantitative estimate of drug-likeness (QED) is 0.546. The molecule has 0 spiro atoms. The molecule has 5 heteroatoms. The lowest BCUT2D eigenvalue weighted by Gasteiger charge is -1.86. The maximum Gasteiger partial charge on any atom is 0.211 e. The number of aromatic nitrogens is 2. The molecule has 2 aromatic heterocycles. The van der Waals surface area contributed by atoms with Gasteiger partial charge in [0.25, 0.3) is 0 Å². The number of nitrogens with one attached hydrogen (secondary N) is 1. The van der Waals surface area contributed by atoms with Gasteiger partial charge in [-0.05, 0) is 23.7 Å². The lowest BCUT2D eigenvalue weighted by molar-refractivity contribution is 0.182. The Balaban J connectivity index is 2.56. The maximum atomic E-state index is 9.12. The van der Waals surface area contributed by atoms with Crippen LogP contribution in [0, 0.1) is 4.77 Å². The fourth-order valence-corrected chi connectivity index (χ4v) is 1.80. The lowest BCUT2D eigenvalue weighted by atomic mass is 10.4. The first-order chi connectivity index (χ1) is 5.77. The van der Waals surface area contributed by atoms with E-state index in [1.807, 2.05) is 17.5 Å². The number of imidazole rings is 1. The molecule has 2 N–H and O–H groups in total. The summed E-state index contributed by atoms with van der Waals surface area (Å²) in [6.07, 6.45) is 1.56. The number of hydrogen-bond donors (Lipinski definition) is 2. The molecule has 0 bridgehead atoms. The van der Waals surface area contributed by atoms with Crippen molar-refractivity contribution < 1.29 is 5.21 Å². The number of hydrogen-bond acceptors (Lipinski definition) is 3.